The van der Waals surface area contributed by atoms with Gasteiger partial charge in [-0.25, -0.2) is 0 Å². The first kappa shape index (κ1) is 13.5. The lowest BCUT2D eigenvalue weighted by Gasteiger charge is -2.08. The maximum absolute atomic E-state index is 6.08. The molecule has 0 aliphatic rings. The van der Waals surface area contributed by atoms with E-state index >= 15 is 0 Å². The van der Waals surface area contributed by atoms with Crippen LogP contribution in [-0.2, 0) is 17.7 Å². The molecule has 16 heavy (non-hydrogen) atoms. The first-order valence-corrected chi connectivity index (χ1v) is 6.07. The minimum absolute atomic E-state index is 0.660. The van der Waals surface area contributed by atoms with E-state index in [1.54, 1.807) is 13.3 Å². The van der Waals surface area contributed by atoms with E-state index < -0.39 is 0 Å². The quantitative estimate of drug-likeness (QED) is 0.709. The van der Waals surface area contributed by atoms with Gasteiger partial charge in [-0.3, -0.25) is 4.68 Å². The van der Waals surface area contributed by atoms with Gasteiger partial charge in [-0.15, -0.1) is 0 Å². The molecule has 0 unspecified atom stereocenters. The molecular weight excluding hydrogens is 226 g/mol. The molecule has 1 rings (SSSR count). The molecule has 0 aromatic carbocycles. The van der Waals surface area contributed by atoms with Crippen molar-refractivity contribution >= 4 is 11.6 Å². The lowest BCUT2D eigenvalue weighted by Crippen LogP contribution is -2.20. The molecule has 0 amide bonds. The average molecular weight is 246 g/mol. The number of nitrogens with one attached hydrogen (secondary N) is 1. The summed E-state index contributed by atoms with van der Waals surface area (Å²) in [6.07, 6.45) is 3.76. The van der Waals surface area contributed by atoms with Gasteiger partial charge in [0.25, 0.3) is 0 Å². The summed E-state index contributed by atoms with van der Waals surface area (Å²) in [7, 11) is 1.69. The van der Waals surface area contributed by atoms with Crippen molar-refractivity contribution in [1.82, 2.24) is 15.1 Å². The maximum Gasteiger partial charge on any atom is 0.0818 e. The molecule has 4 nitrogen and oxygen atoms in total. The minimum Gasteiger partial charge on any atom is -0.383 e. The Balaban J connectivity index is 2.45. The van der Waals surface area contributed by atoms with E-state index in [-0.39, 0.29) is 0 Å². The highest BCUT2D eigenvalue weighted by atomic mass is 35.5. The van der Waals surface area contributed by atoms with E-state index in [1.165, 1.54) is 0 Å². The lowest BCUT2D eigenvalue weighted by molar-refractivity contribution is 0.182. The maximum atomic E-state index is 6.08. The highest BCUT2D eigenvalue weighted by molar-refractivity contribution is 6.31. The number of methoxy groups -OCH3 is 1. The van der Waals surface area contributed by atoms with Crippen LogP contribution >= 0.6 is 11.6 Å². The normalized spacial score (nSPS) is 10.9. The Labute approximate surface area is 102 Å². The SMILES string of the molecule is CCCNCCc1c(Cl)cnn1CCOC. The smallest absolute Gasteiger partial charge is 0.0818 e. The summed E-state index contributed by atoms with van der Waals surface area (Å²) in [4.78, 5) is 0. The fraction of sp³-hybridized carbons (Fsp3) is 0.727. The Morgan fingerprint density at radius 2 is 2.31 bits per heavy atom. The molecule has 1 heterocycles. The first-order chi connectivity index (χ1) is 7.79. The topological polar surface area (TPSA) is 39.1 Å². The molecule has 1 aromatic rings. The van der Waals surface area contributed by atoms with Gasteiger partial charge in [0.15, 0.2) is 0 Å². The molecule has 1 N–H and O–H groups in total. The van der Waals surface area contributed by atoms with Gasteiger partial charge < -0.3 is 10.1 Å². The summed E-state index contributed by atoms with van der Waals surface area (Å²) < 4.78 is 6.95. The average Bonchev–Trinajstić information content (AvgIpc) is 2.63. The zero-order chi connectivity index (χ0) is 11.8. The van der Waals surface area contributed by atoms with Crippen molar-refractivity contribution in [3.05, 3.63) is 16.9 Å². The van der Waals surface area contributed by atoms with Crippen LogP contribution in [0.1, 0.15) is 19.0 Å². The van der Waals surface area contributed by atoms with Crippen LogP contribution in [0.3, 0.4) is 0 Å². The predicted molar refractivity (Wildman–Crippen MR) is 66.0 cm³/mol. The molecule has 0 aliphatic carbocycles. The van der Waals surface area contributed by atoms with Gasteiger partial charge in [0.05, 0.1) is 30.1 Å². The third kappa shape index (κ3) is 4.12. The third-order valence-corrected chi connectivity index (χ3v) is 2.69. The van der Waals surface area contributed by atoms with Crippen molar-refractivity contribution in [2.24, 2.45) is 0 Å². The Hall–Kier alpha value is -0.580. The van der Waals surface area contributed by atoms with Crippen LogP contribution in [0.2, 0.25) is 5.02 Å². The number of hydrogen-bond donors (Lipinski definition) is 1. The van der Waals surface area contributed by atoms with Crippen molar-refractivity contribution in [3.8, 4) is 0 Å². The predicted octanol–water partition coefficient (Wildman–Crippen LogP) is 1.72. The summed E-state index contributed by atoms with van der Waals surface area (Å²) in [6, 6.07) is 0. The third-order valence-electron chi connectivity index (χ3n) is 2.37. The summed E-state index contributed by atoms with van der Waals surface area (Å²) in [6.45, 7) is 5.55. The van der Waals surface area contributed by atoms with Gasteiger partial charge in [0.1, 0.15) is 0 Å². The minimum atomic E-state index is 0.660. The second kappa shape index (κ2) is 7.65. The number of halogens is 1. The molecule has 0 spiro atoms. The molecule has 0 fully saturated rings. The Bertz CT molecular complexity index is 301. The molecule has 0 saturated carbocycles. The molecular formula is C11H20ClN3O. The van der Waals surface area contributed by atoms with Crippen molar-refractivity contribution in [1.29, 1.82) is 0 Å². The first-order valence-electron chi connectivity index (χ1n) is 5.69. The van der Waals surface area contributed by atoms with Crippen molar-refractivity contribution in [2.45, 2.75) is 26.3 Å². The van der Waals surface area contributed by atoms with Crippen LogP contribution in [0.4, 0.5) is 0 Å². The van der Waals surface area contributed by atoms with Crippen LogP contribution in [0.25, 0.3) is 0 Å². The summed E-state index contributed by atoms with van der Waals surface area (Å²) in [5.74, 6) is 0. The lowest BCUT2D eigenvalue weighted by atomic mass is 10.3. The standard InChI is InChI=1S/C11H20ClN3O/c1-3-5-13-6-4-11-10(12)9-14-15(11)7-8-16-2/h9,13H,3-8H2,1-2H3. The monoisotopic (exact) mass is 245 g/mol. The van der Waals surface area contributed by atoms with Crippen LogP contribution in [0, 0.1) is 0 Å². The van der Waals surface area contributed by atoms with Crippen LogP contribution in [-0.4, -0.2) is 36.6 Å². The summed E-state index contributed by atoms with van der Waals surface area (Å²) in [5, 5.41) is 8.33. The molecule has 0 atom stereocenters. The van der Waals surface area contributed by atoms with Crippen molar-refractivity contribution < 1.29 is 4.74 Å². The van der Waals surface area contributed by atoms with Gasteiger partial charge in [0.2, 0.25) is 0 Å². The van der Waals surface area contributed by atoms with E-state index in [2.05, 4.69) is 17.3 Å². The molecule has 1 aromatic heterocycles. The number of hydrogen-bond acceptors (Lipinski definition) is 3. The van der Waals surface area contributed by atoms with Crippen LogP contribution in [0.5, 0.6) is 0 Å². The van der Waals surface area contributed by atoms with E-state index in [0.717, 1.165) is 43.2 Å². The number of aromatic nitrogens is 2. The van der Waals surface area contributed by atoms with Crippen LogP contribution < -0.4 is 5.32 Å². The number of rotatable bonds is 8. The Morgan fingerprint density at radius 1 is 1.50 bits per heavy atom. The van der Waals surface area contributed by atoms with E-state index in [1.807, 2.05) is 4.68 Å². The zero-order valence-electron chi connectivity index (χ0n) is 10.0. The van der Waals surface area contributed by atoms with Gasteiger partial charge >= 0.3 is 0 Å². The molecule has 0 radical (unpaired) electrons. The number of ether oxygens (including phenoxy) is 1. The fourth-order valence-electron chi connectivity index (χ4n) is 1.52. The largest absolute Gasteiger partial charge is 0.383 e. The van der Waals surface area contributed by atoms with Gasteiger partial charge in [-0.05, 0) is 13.0 Å². The van der Waals surface area contributed by atoms with Crippen LogP contribution in [0.15, 0.2) is 6.20 Å². The molecule has 92 valence electrons. The van der Waals surface area contributed by atoms with Crippen molar-refractivity contribution in [2.75, 3.05) is 26.8 Å². The van der Waals surface area contributed by atoms with Gasteiger partial charge in [-0.1, -0.05) is 18.5 Å². The van der Waals surface area contributed by atoms with E-state index in [4.69, 9.17) is 16.3 Å². The zero-order valence-corrected chi connectivity index (χ0v) is 10.8. The summed E-state index contributed by atoms with van der Waals surface area (Å²) in [5.41, 5.74) is 1.09. The van der Waals surface area contributed by atoms with Gasteiger partial charge in [-0.2, -0.15) is 5.10 Å². The molecule has 0 saturated heterocycles. The molecule has 5 heteroatoms. The molecule has 0 aliphatic heterocycles. The second-order valence-electron chi connectivity index (χ2n) is 3.66. The van der Waals surface area contributed by atoms with Crippen molar-refractivity contribution in [3.63, 3.8) is 0 Å². The van der Waals surface area contributed by atoms with E-state index in [9.17, 15) is 0 Å². The summed E-state index contributed by atoms with van der Waals surface area (Å²) >= 11 is 6.08. The highest BCUT2D eigenvalue weighted by Gasteiger charge is 2.08. The Kier molecular flexibility index (Phi) is 6.45. The highest BCUT2D eigenvalue weighted by Crippen LogP contribution is 2.15. The fourth-order valence-corrected chi connectivity index (χ4v) is 1.75. The van der Waals surface area contributed by atoms with E-state index in [0.29, 0.717) is 6.61 Å². The second-order valence-corrected chi connectivity index (χ2v) is 4.06. The molecule has 0 bridgehead atoms. The van der Waals surface area contributed by atoms with Gasteiger partial charge in [0, 0.05) is 20.1 Å². The number of nitrogens with zero attached hydrogens (tertiary/aromatic N) is 2. The Morgan fingerprint density at radius 3 is 3.00 bits per heavy atom.